The van der Waals surface area contributed by atoms with Gasteiger partial charge in [-0.15, -0.1) is 0 Å². The van der Waals surface area contributed by atoms with Gasteiger partial charge in [-0.1, -0.05) is 20.8 Å². The van der Waals surface area contributed by atoms with Crippen LogP contribution in [0.5, 0.6) is 0 Å². The molecular formula is C12H27NO2S. The van der Waals surface area contributed by atoms with Crippen molar-refractivity contribution in [1.29, 1.82) is 0 Å². The van der Waals surface area contributed by atoms with Crippen molar-refractivity contribution < 1.29 is 8.42 Å². The first-order valence-corrected chi connectivity index (χ1v) is 7.95. The van der Waals surface area contributed by atoms with Crippen molar-refractivity contribution in [2.45, 2.75) is 58.2 Å². The van der Waals surface area contributed by atoms with E-state index in [1.807, 2.05) is 27.8 Å². The van der Waals surface area contributed by atoms with Crippen LogP contribution in [0.2, 0.25) is 0 Å². The van der Waals surface area contributed by atoms with E-state index in [2.05, 4.69) is 12.2 Å². The van der Waals surface area contributed by atoms with Crippen LogP contribution in [0, 0.1) is 5.92 Å². The minimum Gasteiger partial charge on any atom is -0.317 e. The molecule has 0 bridgehead atoms. The van der Waals surface area contributed by atoms with Gasteiger partial charge in [0.2, 0.25) is 0 Å². The molecule has 0 spiro atoms. The number of nitrogens with one attached hydrogen (secondary N) is 1. The second kappa shape index (κ2) is 7.28. The molecular weight excluding hydrogens is 222 g/mol. The van der Waals surface area contributed by atoms with Crippen molar-refractivity contribution in [2.75, 3.05) is 12.8 Å². The molecule has 1 N–H and O–H groups in total. The van der Waals surface area contributed by atoms with Crippen LogP contribution in [0.15, 0.2) is 0 Å². The standard InChI is InChI=1S/C12H27NO2S/c1-6-12(13-5)8-7-9-16(14,15)11(4)10(2)3/h10-13H,6-9H2,1-5H3. The molecule has 3 nitrogen and oxygen atoms in total. The lowest BCUT2D eigenvalue weighted by Crippen LogP contribution is -2.28. The number of hydrogen-bond acceptors (Lipinski definition) is 3. The van der Waals surface area contributed by atoms with E-state index in [4.69, 9.17) is 0 Å². The highest BCUT2D eigenvalue weighted by Crippen LogP contribution is 2.14. The van der Waals surface area contributed by atoms with Gasteiger partial charge in [0, 0.05) is 6.04 Å². The van der Waals surface area contributed by atoms with E-state index in [9.17, 15) is 8.42 Å². The van der Waals surface area contributed by atoms with Gasteiger partial charge in [0.1, 0.15) is 0 Å². The summed E-state index contributed by atoms with van der Waals surface area (Å²) in [5.74, 6) is 0.529. The van der Waals surface area contributed by atoms with Gasteiger partial charge >= 0.3 is 0 Å². The van der Waals surface area contributed by atoms with Crippen LogP contribution in [0.1, 0.15) is 47.0 Å². The van der Waals surface area contributed by atoms with Gasteiger partial charge in [-0.3, -0.25) is 0 Å². The fraction of sp³-hybridized carbons (Fsp3) is 1.00. The van der Waals surface area contributed by atoms with Crippen LogP contribution in [-0.2, 0) is 9.84 Å². The SMILES string of the molecule is CCC(CCCS(=O)(=O)C(C)C(C)C)NC. The molecule has 0 saturated heterocycles. The summed E-state index contributed by atoms with van der Waals surface area (Å²) in [4.78, 5) is 0. The Morgan fingerprint density at radius 3 is 2.12 bits per heavy atom. The molecule has 0 rings (SSSR count). The summed E-state index contributed by atoms with van der Waals surface area (Å²) >= 11 is 0. The summed E-state index contributed by atoms with van der Waals surface area (Å²) in [6.07, 6.45) is 2.76. The molecule has 0 aliphatic carbocycles. The molecule has 0 aliphatic heterocycles. The fourth-order valence-electron chi connectivity index (χ4n) is 1.68. The van der Waals surface area contributed by atoms with E-state index in [0.29, 0.717) is 11.8 Å². The summed E-state index contributed by atoms with van der Waals surface area (Å²) in [6.45, 7) is 7.86. The molecule has 0 aromatic heterocycles. The van der Waals surface area contributed by atoms with E-state index >= 15 is 0 Å². The Morgan fingerprint density at radius 1 is 1.19 bits per heavy atom. The third-order valence-electron chi connectivity index (χ3n) is 3.39. The molecule has 16 heavy (non-hydrogen) atoms. The molecule has 0 aromatic rings. The zero-order valence-electron chi connectivity index (χ0n) is 11.3. The Bertz CT molecular complexity index is 269. The maximum atomic E-state index is 11.9. The Labute approximate surface area is 101 Å². The van der Waals surface area contributed by atoms with Gasteiger partial charge in [0.25, 0.3) is 0 Å². The minimum absolute atomic E-state index is 0.205. The Morgan fingerprint density at radius 2 is 1.75 bits per heavy atom. The van der Waals surface area contributed by atoms with Gasteiger partial charge in [0.05, 0.1) is 11.0 Å². The average molecular weight is 249 g/mol. The number of hydrogen-bond donors (Lipinski definition) is 1. The van der Waals surface area contributed by atoms with Gasteiger partial charge in [0.15, 0.2) is 9.84 Å². The van der Waals surface area contributed by atoms with Crippen LogP contribution in [0.25, 0.3) is 0 Å². The molecule has 0 aliphatic rings. The molecule has 2 unspecified atom stereocenters. The molecule has 98 valence electrons. The first kappa shape index (κ1) is 15.9. The van der Waals surface area contributed by atoms with Crippen molar-refractivity contribution in [3.05, 3.63) is 0 Å². The summed E-state index contributed by atoms with van der Waals surface area (Å²) < 4.78 is 23.8. The predicted molar refractivity (Wildman–Crippen MR) is 70.5 cm³/mol. The molecule has 0 fully saturated rings. The average Bonchev–Trinajstić information content (AvgIpc) is 2.23. The highest BCUT2D eigenvalue weighted by atomic mass is 32.2. The van der Waals surface area contributed by atoms with Crippen molar-refractivity contribution in [1.82, 2.24) is 5.32 Å². The first-order chi connectivity index (χ1) is 7.35. The first-order valence-electron chi connectivity index (χ1n) is 6.24. The second-order valence-electron chi connectivity index (χ2n) is 4.85. The Hall–Kier alpha value is -0.0900. The summed E-state index contributed by atoms with van der Waals surface area (Å²) in [7, 11) is -0.969. The van der Waals surface area contributed by atoms with E-state index in [1.165, 1.54) is 0 Å². The molecule has 0 radical (unpaired) electrons. The zero-order valence-corrected chi connectivity index (χ0v) is 12.1. The highest BCUT2D eigenvalue weighted by Gasteiger charge is 2.23. The summed E-state index contributed by atoms with van der Waals surface area (Å²) in [5.41, 5.74) is 0. The topological polar surface area (TPSA) is 46.2 Å². The predicted octanol–water partition coefficient (Wildman–Crippen LogP) is 2.22. The summed E-state index contributed by atoms with van der Waals surface area (Å²) in [5, 5.41) is 2.97. The third-order valence-corrected chi connectivity index (χ3v) is 5.92. The number of sulfone groups is 1. The molecule has 2 atom stereocenters. The maximum absolute atomic E-state index is 11.9. The van der Waals surface area contributed by atoms with E-state index in [1.54, 1.807) is 0 Å². The van der Waals surface area contributed by atoms with Gasteiger partial charge in [-0.05, 0) is 39.2 Å². The van der Waals surface area contributed by atoms with E-state index < -0.39 is 9.84 Å². The Balaban J connectivity index is 4.10. The fourth-order valence-corrected chi connectivity index (χ4v) is 3.45. The molecule has 0 saturated carbocycles. The van der Waals surface area contributed by atoms with Crippen LogP contribution < -0.4 is 5.32 Å². The summed E-state index contributed by atoms with van der Waals surface area (Å²) in [6, 6.07) is 0.449. The molecule has 0 heterocycles. The van der Waals surface area contributed by atoms with Gasteiger partial charge in [-0.2, -0.15) is 0 Å². The van der Waals surface area contributed by atoms with Crippen molar-refractivity contribution in [3.8, 4) is 0 Å². The van der Waals surface area contributed by atoms with E-state index in [-0.39, 0.29) is 11.2 Å². The lowest BCUT2D eigenvalue weighted by atomic mass is 10.1. The normalized spacial score (nSPS) is 16.4. The van der Waals surface area contributed by atoms with Crippen LogP contribution in [-0.4, -0.2) is 32.5 Å². The van der Waals surface area contributed by atoms with Crippen LogP contribution in [0.4, 0.5) is 0 Å². The minimum atomic E-state index is -2.90. The lowest BCUT2D eigenvalue weighted by Gasteiger charge is -2.18. The zero-order chi connectivity index (χ0) is 12.8. The quantitative estimate of drug-likeness (QED) is 0.717. The van der Waals surface area contributed by atoms with Gasteiger partial charge in [-0.25, -0.2) is 8.42 Å². The molecule has 0 amide bonds. The van der Waals surface area contributed by atoms with Crippen LogP contribution >= 0.6 is 0 Å². The highest BCUT2D eigenvalue weighted by molar-refractivity contribution is 7.92. The Kier molecular flexibility index (Phi) is 7.24. The second-order valence-corrected chi connectivity index (χ2v) is 7.33. The van der Waals surface area contributed by atoms with Crippen molar-refractivity contribution in [3.63, 3.8) is 0 Å². The van der Waals surface area contributed by atoms with Gasteiger partial charge < -0.3 is 5.32 Å². The number of rotatable bonds is 8. The third kappa shape index (κ3) is 5.30. The largest absolute Gasteiger partial charge is 0.317 e. The van der Waals surface area contributed by atoms with Crippen molar-refractivity contribution >= 4 is 9.84 Å². The monoisotopic (exact) mass is 249 g/mol. The smallest absolute Gasteiger partial charge is 0.153 e. The molecule has 0 aromatic carbocycles. The lowest BCUT2D eigenvalue weighted by molar-refractivity contribution is 0.496. The van der Waals surface area contributed by atoms with Crippen LogP contribution in [0.3, 0.4) is 0 Å². The molecule has 4 heteroatoms. The maximum Gasteiger partial charge on any atom is 0.153 e. The van der Waals surface area contributed by atoms with E-state index in [0.717, 1.165) is 19.3 Å². The van der Waals surface area contributed by atoms with Crippen molar-refractivity contribution in [2.24, 2.45) is 5.92 Å².